The van der Waals surface area contributed by atoms with E-state index in [4.69, 9.17) is 23.7 Å². The van der Waals surface area contributed by atoms with Crippen molar-refractivity contribution in [2.75, 3.05) is 19.8 Å². The summed E-state index contributed by atoms with van der Waals surface area (Å²) in [5.41, 5.74) is 0. The van der Waals surface area contributed by atoms with E-state index < -0.39 is 55.3 Å². The van der Waals surface area contributed by atoms with Crippen LogP contribution in [0.5, 0.6) is 0 Å². The molecule has 1 amide bonds. The minimum Gasteiger partial charge on any atom is -0.431 e. The van der Waals surface area contributed by atoms with Crippen molar-refractivity contribution in [1.82, 2.24) is 5.32 Å². The summed E-state index contributed by atoms with van der Waals surface area (Å²) < 4.78 is 25.8. The zero-order valence-electron chi connectivity index (χ0n) is 16.2. The van der Waals surface area contributed by atoms with E-state index in [1.165, 1.54) is 0 Å². The normalized spacial score (nSPS) is 34.6. The molecule has 2 saturated heterocycles. The fraction of sp³-hybridized carbons (Fsp3) is 0.882. The summed E-state index contributed by atoms with van der Waals surface area (Å²) in [5, 5.41) is 32.7. The van der Waals surface area contributed by atoms with Gasteiger partial charge in [-0.3, -0.25) is 4.79 Å². The van der Waals surface area contributed by atoms with Gasteiger partial charge in [0.05, 0.1) is 6.61 Å². The third-order valence-electron chi connectivity index (χ3n) is 4.34. The first kappa shape index (κ1) is 22.8. The first-order valence-corrected chi connectivity index (χ1v) is 9.23. The van der Waals surface area contributed by atoms with Gasteiger partial charge in [-0.2, -0.15) is 0 Å². The number of hydrogen-bond acceptors (Lipinski definition) is 10. The van der Waals surface area contributed by atoms with Crippen molar-refractivity contribution in [2.24, 2.45) is 0 Å². The number of carbonyl (C=O) groups is 2. The maximum atomic E-state index is 11.7. The Kier molecular flexibility index (Phi) is 7.98. The number of hydrogen-bond donors (Lipinski definition) is 4. The molecular weight excluding hydrogens is 378 g/mol. The van der Waals surface area contributed by atoms with Crippen molar-refractivity contribution in [2.45, 2.75) is 76.1 Å². The molecule has 0 radical (unpaired) electrons. The SMILES string of the molecule is CCCC(=O)N[C@H]1C(O)O[C@H](COC(=O)OCC2COC(C)(C)O2)[C@@H](O)[C@@H]1O. The average Bonchev–Trinajstić information content (AvgIpc) is 2.98. The van der Waals surface area contributed by atoms with Crippen LogP contribution in [-0.2, 0) is 28.5 Å². The molecule has 2 aliphatic heterocycles. The van der Waals surface area contributed by atoms with Crippen LogP contribution in [0.3, 0.4) is 0 Å². The predicted octanol–water partition coefficient (Wildman–Crippen LogP) is -0.985. The van der Waals surface area contributed by atoms with E-state index in [1.54, 1.807) is 20.8 Å². The molecule has 0 aromatic carbocycles. The van der Waals surface area contributed by atoms with Gasteiger partial charge < -0.3 is 44.3 Å². The van der Waals surface area contributed by atoms with E-state index in [1.807, 2.05) is 0 Å². The Bertz CT molecular complexity index is 542. The molecule has 2 rings (SSSR count). The molecule has 0 aliphatic carbocycles. The van der Waals surface area contributed by atoms with Crippen LogP contribution in [-0.4, -0.2) is 89.7 Å². The fourth-order valence-corrected chi connectivity index (χ4v) is 2.92. The van der Waals surface area contributed by atoms with E-state index in [0.29, 0.717) is 6.42 Å². The lowest BCUT2D eigenvalue weighted by atomic mass is 9.97. The fourth-order valence-electron chi connectivity index (χ4n) is 2.92. The van der Waals surface area contributed by atoms with Crippen LogP contribution in [0.25, 0.3) is 0 Å². The Morgan fingerprint density at radius 3 is 2.43 bits per heavy atom. The number of carbonyl (C=O) groups excluding carboxylic acids is 2. The second-order valence-corrected chi connectivity index (χ2v) is 7.21. The molecule has 2 heterocycles. The van der Waals surface area contributed by atoms with Crippen LogP contribution in [0.2, 0.25) is 0 Å². The number of aliphatic hydroxyl groups excluding tert-OH is 3. The first-order valence-electron chi connectivity index (χ1n) is 9.23. The van der Waals surface area contributed by atoms with E-state index in [-0.39, 0.29) is 25.5 Å². The monoisotopic (exact) mass is 407 g/mol. The largest absolute Gasteiger partial charge is 0.508 e. The summed E-state index contributed by atoms with van der Waals surface area (Å²) >= 11 is 0. The number of ether oxygens (including phenoxy) is 5. The maximum Gasteiger partial charge on any atom is 0.508 e. The third-order valence-corrected chi connectivity index (χ3v) is 4.34. The Hall–Kier alpha value is -1.50. The Balaban J connectivity index is 1.75. The van der Waals surface area contributed by atoms with Crippen molar-refractivity contribution in [1.29, 1.82) is 0 Å². The lowest BCUT2D eigenvalue weighted by molar-refractivity contribution is -0.254. The van der Waals surface area contributed by atoms with E-state index in [0.717, 1.165) is 0 Å². The van der Waals surface area contributed by atoms with E-state index in [2.05, 4.69) is 5.32 Å². The minimum atomic E-state index is -1.57. The van der Waals surface area contributed by atoms with Gasteiger partial charge in [0.1, 0.15) is 43.7 Å². The van der Waals surface area contributed by atoms with Crippen molar-refractivity contribution < 1.29 is 48.6 Å². The van der Waals surface area contributed by atoms with Crippen LogP contribution in [0.15, 0.2) is 0 Å². The van der Waals surface area contributed by atoms with Gasteiger partial charge in [0, 0.05) is 6.42 Å². The molecular formula is C17H29NO10. The second kappa shape index (κ2) is 9.81. The van der Waals surface area contributed by atoms with Crippen molar-refractivity contribution in [3.05, 3.63) is 0 Å². The molecule has 4 N–H and O–H groups in total. The topological polar surface area (TPSA) is 153 Å². The van der Waals surface area contributed by atoms with Crippen molar-refractivity contribution >= 4 is 12.1 Å². The maximum absolute atomic E-state index is 11.7. The highest BCUT2D eigenvalue weighted by atomic mass is 16.8. The molecule has 11 heteroatoms. The lowest BCUT2D eigenvalue weighted by Gasteiger charge is -2.40. The van der Waals surface area contributed by atoms with Gasteiger partial charge in [-0.15, -0.1) is 0 Å². The molecule has 2 aliphatic rings. The Labute approximate surface area is 162 Å². The molecule has 0 bridgehead atoms. The number of aliphatic hydroxyl groups is 3. The highest BCUT2D eigenvalue weighted by Gasteiger charge is 2.45. The number of rotatable bonds is 7. The molecule has 0 saturated carbocycles. The van der Waals surface area contributed by atoms with Gasteiger partial charge in [-0.05, 0) is 20.3 Å². The predicted molar refractivity (Wildman–Crippen MR) is 91.9 cm³/mol. The smallest absolute Gasteiger partial charge is 0.431 e. The molecule has 162 valence electrons. The summed E-state index contributed by atoms with van der Waals surface area (Å²) in [4.78, 5) is 23.3. The summed E-state index contributed by atoms with van der Waals surface area (Å²) in [7, 11) is 0. The third kappa shape index (κ3) is 6.26. The zero-order valence-corrected chi connectivity index (χ0v) is 16.2. The highest BCUT2D eigenvalue weighted by Crippen LogP contribution is 2.23. The van der Waals surface area contributed by atoms with Gasteiger partial charge in [0.15, 0.2) is 12.1 Å². The quantitative estimate of drug-likeness (QED) is 0.387. The van der Waals surface area contributed by atoms with Crippen molar-refractivity contribution in [3.8, 4) is 0 Å². The van der Waals surface area contributed by atoms with Crippen LogP contribution in [0, 0.1) is 0 Å². The lowest BCUT2D eigenvalue weighted by Crippen LogP contribution is -2.64. The standard InChI is InChI=1S/C17H29NO10/c1-4-5-11(19)18-12-14(21)13(20)10(27-15(12)22)8-25-16(23)24-6-9-7-26-17(2,3)28-9/h9-10,12-15,20-22H,4-8H2,1-3H3,(H,18,19)/t9?,10-,12-,13-,14-,15?/m1/s1. The summed E-state index contributed by atoms with van der Waals surface area (Å²) in [6.45, 7) is 5.01. The summed E-state index contributed by atoms with van der Waals surface area (Å²) in [6.07, 6.45) is -6.41. The molecule has 6 atom stereocenters. The molecule has 2 unspecified atom stereocenters. The van der Waals surface area contributed by atoms with Crippen LogP contribution in [0.1, 0.15) is 33.6 Å². The molecule has 0 aromatic heterocycles. The minimum absolute atomic E-state index is 0.0763. The van der Waals surface area contributed by atoms with Crippen LogP contribution in [0.4, 0.5) is 4.79 Å². The van der Waals surface area contributed by atoms with Gasteiger partial charge in [0.2, 0.25) is 5.91 Å². The van der Waals surface area contributed by atoms with E-state index >= 15 is 0 Å². The van der Waals surface area contributed by atoms with Gasteiger partial charge >= 0.3 is 6.16 Å². The second-order valence-electron chi connectivity index (χ2n) is 7.21. The van der Waals surface area contributed by atoms with Crippen molar-refractivity contribution in [3.63, 3.8) is 0 Å². The zero-order chi connectivity index (χ0) is 20.9. The molecule has 11 nitrogen and oxygen atoms in total. The summed E-state index contributed by atoms with van der Waals surface area (Å²) in [5.74, 6) is -1.13. The number of nitrogens with one attached hydrogen (secondary N) is 1. The Morgan fingerprint density at radius 1 is 1.14 bits per heavy atom. The van der Waals surface area contributed by atoms with Crippen LogP contribution >= 0.6 is 0 Å². The molecule has 2 fully saturated rings. The molecule has 0 spiro atoms. The number of amides is 1. The molecule has 28 heavy (non-hydrogen) atoms. The van der Waals surface area contributed by atoms with E-state index in [9.17, 15) is 24.9 Å². The highest BCUT2D eigenvalue weighted by molar-refractivity contribution is 5.76. The summed E-state index contributed by atoms with van der Waals surface area (Å²) in [6, 6.07) is -1.19. The first-order chi connectivity index (χ1) is 13.1. The Morgan fingerprint density at radius 2 is 1.82 bits per heavy atom. The van der Waals surface area contributed by atoms with Gasteiger partial charge in [-0.25, -0.2) is 4.79 Å². The molecule has 0 aromatic rings. The van der Waals surface area contributed by atoms with Gasteiger partial charge in [0.25, 0.3) is 0 Å². The average molecular weight is 407 g/mol. The van der Waals surface area contributed by atoms with Gasteiger partial charge in [-0.1, -0.05) is 6.92 Å². The van der Waals surface area contributed by atoms with Crippen LogP contribution < -0.4 is 5.32 Å².